The van der Waals surface area contributed by atoms with Crippen LogP contribution in [0.15, 0.2) is 30.6 Å². The van der Waals surface area contributed by atoms with Gasteiger partial charge in [-0.2, -0.15) is 4.98 Å². The first-order valence-corrected chi connectivity index (χ1v) is 5.25. The van der Waals surface area contributed by atoms with Gasteiger partial charge in [0.15, 0.2) is 5.82 Å². The maximum Gasteiger partial charge on any atom is 0.233 e. The minimum Gasteiger partial charge on any atom is -0.480 e. The van der Waals surface area contributed by atoms with Crippen molar-refractivity contribution in [2.75, 3.05) is 18.2 Å². The van der Waals surface area contributed by atoms with Crippen LogP contribution in [0.2, 0.25) is 5.02 Å². The van der Waals surface area contributed by atoms with Gasteiger partial charge in [0.1, 0.15) is 0 Å². The van der Waals surface area contributed by atoms with Crippen LogP contribution in [0.5, 0.6) is 5.88 Å². The van der Waals surface area contributed by atoms with Crippen molar-refractivity contribution in [1.29, 1.82) is 0 Å². The van der Waals surface area contributed by atoms with Crippen molar-refractivity contribution in [3.63, 3.8) is 0 Å². The SMILES string of the molecule is COc1cncc(Nc2cc(N)ccc2Cl)n1. The predicted octanol–water partition coefficient (Wildman–Crippen LogP) is 2.46. The summed E-state index contributed by atoms with van der Waals surface area (Å²) in [7, 11) is 1.53. The molecule has 0 saturated heterocycles. The molecule has 0 aliphatic heterocycles. The number of benzene rings is 1. The second kappa shape index (κ2) is 4.88. The Morgan fingerprint density at radius 1 is 1.35 bits per heavy atom. The van der Waals surface area contributed by atoms with E-state index in [9.17, 15) is 0 Å². The number of hydrogen-bond donors (Lipinski definition) is 2. The highest BCUT2D eigenvalue weighted by molar-refractivity contribution is 6.33. The van der Waals surface area contributed by atoms with E-state index in [2.05, 4.69) is 15.3 Å². The van der Waals surface area contributed by atoms with E-state index in [0.29, 0.717) is 28.1 Å². The summed E-state index contributed by atoms with van der Waals surface area (Å²) < 4.78 is 4.98. The zero-order valence-corrected chi connectivity index (χ0v) is 9.90. The smallest absolute Gasteiger partial charge is 0.233 e. The third kappa shape index (κ3) is 2.76. The first kappa shape index (κ1) is 11.5. The fourth-order valence-corrected chi connectivity index (χ4v) is 1.45. The van der Waals surface area contributed by atoms with Crippen molar-refractivity contribution in [2.45, 2.75) is 0 Å². The summed E-state index contributed by atoms with van der Waals surface area (Å²) in [5, 5.41) is 3.58. The minimum absolute atomic E-state index is 0.426. The molecule has 2 rings (SSSR count). The van der Waals surface area contributed by atoms with Crippen molar-refractivity contribution in [3.8, 4) is 5.88 Å². The zero-order chi connectivity index (χ0) is 12.3. The zero-order valence-electron chi connectivity index (χ0n) is 9.14. The second-order valence-electron chi connectivity index (χ2n) is 3.31. The molecule has 0 aliphatic carbocycles. The van der Waals surface area contributed by atoms with Gasteiger partial charge < -0.3 is 15.8 Å². The van der Waals surface area contributed by atoms with Crippen molar-refractivity contribution in [3.05, 3.63) is 35.6 Å². The lowest BCUT2D eigenvalue weighted by atomic mass is 10.3. The van der Waals surface area contributed by atoms with E-state index in [0.717, 1.165) is 0 Å². The molecular formula is C11H11ClN4O. The number of anilines is 3. The first-order chi connectivity index (χ1) is 8.19. The van der Waals surface area contributed by atoms with Gasteiger partial charge in [0.2, 0.25) is 5.88 Å². The highest BCUT2D eigenvalue weighted by atomic mass is 35.5. The number of nitrogens with zero attached hydrogens (tertiary/aromatic N) is 2. The predicted molar refractivity (Wildman–Crippen MR) is 67.7 cm³/mol. The molecule has 0 fully saturated rings. The van der Waals surface area contributed by atoms with Crippen LogP contribution < -0.4 is 15.8 Å². The fraction of sp³-hybridized carbons (Fsp3) is 0.0909. The van der Waals surface area contributed by atoms with Gasteiger partial charge in [-0.1, -0.05) is 11.6 Å². The topological polar surface area (TPSA) is 73.1 Å². The highest BCUT2D eigenvalue weighted by Gasteiger charge is 2.03. The largest absolute Gasteiger partial charge is 0.480 e. The van der Waals surface area contributed by atoms with Crippen LogP contribution in [0.4, 0.5) is 17.2 Å². The molecule has 0 amide bonds. The Morgan fingerprint density at radius 2 is 2.18 bits per heavy atom. The molecular weight excluding hydrogens is 240 g/mol. The number of ether oxygens (including phenoxy) is 1. The summed E-state index contributed by atoms with van der Waals surface area (Å²) in [6.45, 7) is 0. The molecule has 1 heterocycles. The molecule has 0 saturated carbocycles. The number of nitrogens with two attached hydrogens (primary N) is 1. The lowest BCUT2D eigenvalue weighted by molar-refractivity contribution is 0.396. The second-order valence-corrected chi connectivity index (χ2v) is 3.72. The van der Waals surface area contributed by atoms with Gasteiger partial charge in [-0.15, -0.1) is 0 Å². The molecule has 0 unspecified atom stereocenters. The Bertz CT molecular complexity index is 533. The van der Waals surface area contributed by atoms with Gasteiger partial charge in [0.25, 0.3) is 0 Å². The van der Waals surface area contributed by atoms with Gasteiger partial charge in [-0.05, 0) is 18.2 Å². The number of aromatic nitrogens is 2. The van der Waals surface area contributed by atoms with Crippen LogP contribution in [0.25, 0.3) is 0 Å². The third-order valence-electron chi connectivity index (χ3n) is 2.07. The molecule has 17 heavy (non-hydrogen) atoms. The van der Waals surface area contributed by atoms with Gasteiger partial charge in [-0.3, -0.25) is 4.98 Å². The Morgan fingerprint density at radius 3 is 2.94 bits per heavy atom. The average Bonchev–Trinajstić information content (AvgIpc) is 2.34. The van der Waals surface area contributed by atoms with E-state index in [4.69, 9.17) is 22.1 Å². The monoisotopic (exact) mass is 250 g/mol. The lowest BCUT2D eigenvalue weighted by Crippen LogP contribution is -1.98. The van der Waals surface area contributed by atoms with Crippen molar-refractivity contribution >= 4 is 28.8 Å². The van der Waals surface area contributed by atoms with E-state index in [1.807, 2.05) is 0 Å². The Hall–Kier alpha value is -2.01. The van der Waals surface area contributed by atoms with Crippen molar-refractivity contribution < 1.29 is 4.74 Å². The van der Waals surface area contributed by atoms with Gasteiger partial charge in [-0.25, -0.2) is 0 Å². The Labute approximate surface area is 104 Å². The molecule has 88 valence electrons. The summed E-state index contributed by atoms with van der Waals surface area (Å²) in [6.07, 6.45) is 3.09. The number of methoxy groups -OCH3 is 1. The molecule has 3 N–H and O–H groups in total. The van der Waals surface area contributed by atoms with E-state index >= 15 is 0 Å². The van der Waals surface area contributed by atoms with E-state index < -0.39 is 0 Å². The molecule has 0 atom stereocenters. The fourth-order valence-electron chi connectivity index (χ4n) is 1.28. The summed E-state index contributed by atoms with van der Waals surface area (Å²) in [5.41, 5.74) is 6.97. The summed E-state index contributed by atoms with van der Waals surface area (Å²) in [4.78, 5) is 8.14. The van der Waals surface area contributed by atoms with Crippen LogP contribution in [0.3, 0.4) is 0 Å². The highest BCUT2D eigenvalue weighted by Crippen LogP contribution is 2.26. The van der Waals surface area contributed by atoms with Crippen LogP contribution >= 0.6 is 11.6 Å². The van der Waals surface area contributed by atoms with Crippen LogP contribution in [-0.4, -0.2) is 17.1 Å². The molecule has 1 aromatic carbocycles. The van der Waals surface area contributed by atoms with Gasteiger partial charge in [0, 0.05) is 5.69 Å². The molecule has 0 radical (unpaired) electrons. The third-order valence-corrected chi connectivity index (χ3v) is 2.40. The van der Waals surface area contributed by atoms with Gasteiger partial charge in [0.05, 0.1) is 30.2 Å². The van der Waals surface area contributed by atoms with E-state index in [1.165, 1.54) is 13.3 Å². The summed E-state index contributed by atoms with van der Waals surface area (Å²) in [5.74, 6) is 0.965. The van der Waals surface area contributed by atoms with Gasteiger partial charge >= 0.3 is 0 Å². The molecule has 1 aromatic heterocycles. The standard InChI is InChI=1S/C11H11ClN4O/c1-17-11-6-14-5-10(16-11)15-9-4-7(13)2-3-8(9)12/h2-6H,13H2,1H3,(H,15,16). The number of rotatable bonds is 3. The van der Waals surface area contributed by atoms with E-state index in [1.54, 1.807) is 24.4 Å². The molecule has 2 aromatic rings. The molecule has 6 heteroatoms. The molecule has 0 aliphatic rings. The van der Waals surface area contributed by atoms with Crippen LogP contribution in [-0.2, 0) is 0 Å². The van der Waals surface area contributed by atoms with Crippen molar-refractivity contribution in [1.82, 2.24) is 9.97 Å². The maximum absolute atomic E-state index is 6.02. The number of halogens is 1. The maximum atomic E-state index is 6.02. The number of nitrogens with one attached hydrogen (secondary N) is 1. The lowest BCUT2D eigenvalue weighted by Gasteiger charge is -2.08. The normalized spacial score (nSPS) is 10.0. The van der Waals surface area contributed by atoms with Crippen LogP contribution in [0, 0.1) is 0 Å². The number of hydrogen-bond acceptors (Lipinski definition) is 5. The van der Waals surface area contributed by atoms with E-state index in [-0.39, 0.29) is 0 Å². The van der Waals surface area contributed by atoms with Crippen LogP contribution in [0.1, 0.15) is 0 Å². The Kier molecular flexibility index (Phi) is 3.30. The quantitative estimate of drug-likeness (QED) is 0.819. The van der Waals surface area contributed by atoms with Crippen molar-refractivity contribution in [2.24, 2.45) is 0 Å². The molecule has 0 spiro atoms. The first-order valence-electron chi connectivity index (χ1n) is 4.87. The molecule has 5 nitrogen and oxygen atoms in total. The minimum atomic E-state index is 0.426. The summed E-state index contributed by atoms with van der Waals surface area (Å²) in [6, 6.07) is 5.17. The molecule has 0 bridgehead atoms. The number of nitrogen functional groups attached to an aromatic ring is 1. The Balaban J connectivity index is 2.27. The summed E-state index contributed by atoms with van der Waals surface area (Å²) >= 11 is 6.02. The average molecular weight is 251 g/mol.